The predicted molar refractivity (Wildman–Crippen MR) is 239 cm³/mol. The first kappa shape index (κ1) is 53.1. The molecule has 0 radical (unpaired) electrons. The van der Waals surface area contributed by atoms with Crippen LogP contribution in [-0.2, 0) is 19.1 Å². The molecule has 2 unspecified atom stereocenters. The van der Waals surface area contributed by atoms with Gasteiger partial charge in [-0.2, -0.15) is 0 Å². The molecule has 7 nitrogen and oxygen atoms in total. The second-order valence-corrected chi connectivity index (χ2v) is 15.4. The highest BCUT2D eigenvalue weighted by Crippen LogP contribution is 2.18. The molecule has 0 aromatic heterocycles. The van der Waals surface area contributed by atoms with E-state index in [2.05, 4.69) is 79.9 Å². The molecule has 0 aromatic carbocycles. The normalized spacial score (nSPS) is 13.2. The first-order valence-electron chi connectivity index (χ1n) is 23.1. The molecule has 7 heteroatoms. The lowest BCUT2D eigenvalue weighted by molar-refractivity contribution is -0.150. The smallest absolute Gasteiger partial charge is 0.326 e. The first-order valence-corrected chi connectivity index (χ1v) is 23.1. The van der Waals surface area contributed by atoms with Gasteiger partial charge in [0.1, 0.15) is 12.1 Å². The third-order valence-electron chi connectivity index (χ3n) is 10.1. The van der Waals surface area contributed by atoms with Crippen LogP contribution in [0.1, 0.15) is 213 Å². The molecule has 0 aromatic rings. The van der Waals surface area contributed by atoms with Gasteiger partial charge in [0.15, 0.2) is 0 Å². The number of carbonyl (C=O) groups excluding carboxylic acids is 2. The summed E-state index contributed by atoms with van der Waals surface area (Å²) in [4.78, 5) is 36.4. The summed E-state index contributed by atoms with van der Waals surface area (Å²) < 4.78 is 6.03. The number of rotatable bonds is 41. The van der Waals surface area contributed by atoms with Gasteiger partial charge in [-0.05, 0) is 122 Å². The van der Waals surface area contributed by atoms with Gasteiger partial charge in [-0.25, -0.2) is 4.79 Å². The fourth-order valence-electron chi connectivity index (χ4n) is 6.61. The Kier molecular flexibility index (Phi) is 40.9. The van der Waals surface area contributed by atoms with Gasteiger partial charge >= 0.3 is 11.9 Å². The molecule has 0 rings (SSSR count). The van der Waals surface area contributed by atoms with Crippen LogP contribution < -0.4 is 11.1 Å². The number of unbranched alkanes of at least 4 members (excludes halogenated alkanes) is 17. The molecule has 0 aliphatic carbocycles. The van der Waals surface area contributed by atoms with Crippen LogP contribution in [0.15, 0.2) is 60.8 Å². The van der Waals surface area contributed by atoms with Gasteiger partial charge in [0.05, 0.1) is 0 Å². The first-order chi connectivity index (χ1) is 27.4. The van der Waals surface area contributed by atoms with Crippen molar-refractivity contribution in [2.24, 2.45) is 5.73 Å². The number of carboxylic acid groups (broad SMARTS) is 1. The monoisotopic (exact) mass is 783 g/mol. The van der Waals surface area contributed by atoms with Crippen molar-refractivity contribution in [2.45, 2.75) is 225 Å². The average Bonchev–Trinajstić information content (AvgIpc) is 3.18. The lowest BCUT2D eigenvalue weighted by Gasteiger charge is -2.18. The van der Waals surface area contributed by atoms with E-state index in [9.17, 15) is 19.5 Å². The van der Waals surface area contributed by atoms with Gasteiger partial charge in [-0.1, -0.05) is 145 Å². The number of amides is 1. The number of carbonyl (C=O) groups is 3. The summed E-state index contributed by atoms with van der Waals surface area (Å²) in [6.45, 7) is 4.83. The molecule has 0 bridgehead atoms. The summed E-state index contributed by atoms with van der Waals surface area (Å²) >= 11 is 0. The van der Waals surface area contributed by atoms with E-state index >= 15 is 0 Å². The quantitative estimate of drug-likeness (QED) is 0.0323. The molecule has 0 saturated carbocycles. The number of aliphatic carboxylic acids is 1. The highest BCUT2D eigenvalue weighted by Gasteiger charge is 2.19. The van der Waals surface area contributed by atoms with Crippen LogP contribution in [0.25, 0.3) is 0 Å². The largest absolute Gasteiger partial charge is 0.480 e. The maximum Gasteiger partial charge on any atom is 0.326 e. The number of hydrogen-bond donors (Lipinski definition) is 3. The second-order valence-electron chi connectivity index (χ2n) is 15.4. The van der Waals surface area contributed by atoms with Crippen molar-refractivity contribution < 1.29 is 24.2 Å². The Hall–Kier alpha value is -2.93. The summed E-state index contributed by atoms with van der Waals surface area (Å²) in [7, 11) is 0. The molecule has 322 valence electrons. The molecule has 0 fully saturated rings. The Bertz CT molecular complexity index is 1060. The summed E-state index contributed by atoms with van der Waals surface area (Å²) in [5, 5.41) is 11.9. The number of carboxylic acids is 1. The Morgan fingerprint density at radius 3 is 1.54 bits per heavy atom. The molecule has 2 atom stereocenters. The van der Waals surface area contributed by atoms with Crippen molar-refractivity contribution in [3.05, 3.63) is 60.8 Å². The van der Waals surface area contributed by atoms with E-state index in [0.29, 0.717) is 32.2 Å². The van der Waals surface area contributed by atoms with E-state index in [-0.39, 0.29) is 18.0 Å². The Morgan fingerprint density at radius 1 is 0.536 bits per heavy atom. The number of nitrogens with two attached hydrogens (primary N) is 1. The van der Waals surface area contributed by atoms with Gasteiger partial charge in [0, 0.05) is 12.8 Å². The summed E-state index contributed by atoms with van der Waals surface area (Å²) in [5.74, 6) is -1.29. The Labute approximate surface area is 344 Å². The number of esters is 1. The molecular weight excluding hydrogens is 697 g/mol. The zero-order valence-electron chi connectivity index (χ0n) is 36.2. The van der Waals surface area contributed by atoms with Crippen molar-refractivity contribution in [1.82, 2.24) is 5.32 Å². The van der Waals surface area contributed by atoms with Gasteiger partial charge < -0.3 is 20.9 Å². The van der Waals surface area contributed by atoms with Gasteiger partial charge in [0.25, 0.3) is 0 Å². The maximum atomic E-state index is 12.8. The Balaban J connectivity index is 4.45. The minimum Gasteiger partial charge on any atom is -0.480 e. The van der Waals surface area contributed by atoms with Crippen LogP contribution in [-0.4, -0.2) is 41.6 Å². The van der Waals surface area contributed by atoms with Crippen molar-refractivity contribution in [3.8, 4) is 0 Å². The zero-order chi connectivity index (χ0) is 41.0. The SMILES string of the molecule is CC/C=C\C/C=C\C/C=C\C/C=C\CCCCC(=O)OC(CCCCC/C=C\CCCCCCCCCC)CCCCCCCC(=O)NC(CCCN)C(=O)O. The van der Waals surface area contributed by atoms with Crippen LogP contribution in [0, 0.1) is 0 Å². The third kappa shape index (κ3) is 39.3. The topological polar surface area (TPSA) is 119 Å². The van der Waals surface area contributed by atoms with Crippen LogP contribution in [0.5, 0.6) is 0 Å². The van der Waals surface area contributed by atoms with E-state index in [1.165, 1.54) is 64.2 Å². The summed E-state index contributed by atoms with van der Waals surface area (Å²) in [6, 6.07) is -0.864. The highest BCUT2D eigenvalue weighted by atomic mass is 16.5. The molecule has 0 heterocycles. The van der Waals surface area contributed by atoms with Crippen molar-refractivity contribution in [2.75, 3.05) is 6.54 Å². The van der Waals surface area contributed by atoms with Crippen LogP contribution in [0.3, 0.4) is 0 Å². The molecule has 56 heavy (non-hydrogen) atoms. The van der Waals surface area contributed by atoms with Crippen molar-refractivity contribution in [1.29, 1.82) is 0 Å². The standard InChI is InChI=1S/C49H86N2O5/c1-3-5-7-9-11-13-15-17-19-21-23-25-27-30-34-39-45(40-35-31-29-32-36-42-47(52)51-46(49(54)55)41-38-44-50)56-48(53)43-37-33-28-26-24-22-20-18-16-14-12-10-8-6-4-2/h6,8,12,14,18,20-21,23-24,26,45-46H,3-5,7,9-11,13,15-17,19,22,25,27-44,50H2,1-2H3,(H,51,52)(H,54,55)/b8-6-,14-12-,20-18-,23-21-,26-24-. The molecule has 0 aliphatic rings. The van der Waals surface area contributed by atoms with E-state index in [4.69, 9.17) is 10.5 Å². The number of ether oxygens (including phenoxy) is 1. The Morgan fingerprint density at radius 2 is 0.982 bits per heavy atom. The van der Waals surface area contributed by atoms with E-state index in [0.717, 1.165) is 109 Å². The number of nitrogens with one attached hydrogen (secondary N) is 1. The fraction of sp³-hybridized carbons (Fsp3) is 0.735. The maximum absolute atomic E-state index is 12.8. The molecule has 0 saturated heterocycles. The van der Waals surface area contributed by atoms with Gasteiger partial charge in [0.2, 0.25) is 5.91 Å². The van der Waals surface area contributed by atoms with E-state index in [1.54, 1.807) is 0 Å². The lowest BCUT2D eigenvalue weighted by atomic mass is 10.0. The number of hydrogen-bond acceptors (Lipinski definition) is 5. The minimum atomic E-state index is -1.01. The third-order valence-corrected chi connectivity index (χ3v) is 10.1. The highest BCUT2D eigenvalue weighted by molar-refractivity contribution is 5.83. The van der Waals surface area contributed by atoms with Crippen LogP contribution in [0.4, 0.5) is 0 Å². The lowest BCUT2D eigenvalue weighted by Crippen LogP contribution is -2.40. The predicted octanol–water partition coefficient (Wildman–Crippen LogP) is 13.3. The van der Waals surface area contributed by atoms with Crippen LogP contribution in [0.2, 0.25) is 0 Å². The van der Waals surface area contributed by atoms with E-state index in [1.807, 2.05) is 0 Å². The fourth-order valence-corrected chi connectivity index (χ4v) is 6.61. The second kappa shape index (κ2) is 43.2. The van der Waals surface area contributed by atoms with Crippen molar-refractivity contribution >= 4 is 17.8 Å². The number of allylic oxidation sites excluding steroid dienone is 10. The molecule has 4 N–H and O–H groups in total. The summed E-state index contributed by atoms with van der Waals surface area (Å²) in [6.07, 6.45) is 54.1. The van der Waals surface area contributed by atoms with Crippen molar-refractivity contribution in [3.63, 3.8) is 0 Å². The molecule has 1 amide bonds. The molecular formula is C49H86N2O5. The zero-order valence-corrected chi connectivity index (χ0v) is 36.2. The van der Waals surface area contributed by atoms with Gasteiger partial charge in [-0.15, -0.1) is 0 Å². The van der Waals surface area contributed by atoms with E-state index < -0.39 is 12.0 Å². The molecule has 0 aliphatic heterocycles. The minimum absolute atomic E-state index is 0.0263. The van der Waals surface area contributed by atoms with Gasteiger partial charge in [-0.3, -0.25) is 9.59 Å². The van der Waals surface area contributed by atoms with Crippen LogP contribution >= 0.6 is 0 Å². The molecule has 0 spiro atoms. The average molecular weight is 783 g/mol. The summed E-state index contributed by atoms with van der Waals surface area (Å²) in [5.41, 5.74) is 5.49.